The lowest BCUT2D eigenvalue weighted by Crippen LogP contribution is -2.33. The average molecular weight is 351 g/mol. The molecule has 7 heteroatoms. The minimum atomic E-state index is -0.825. The van der Waals surface area contributed by atoms with Crippen LogP contribution in [-0.2, 0) is 5.54 Å². The van der Waals surface area contributed by atoms with Gasteiger partial charge in [0, 0.05) is 22.4 Å². The molecule has 2 N–H and O–H groups in total. The molecule has 3 rings (SSSR count). The summed E-state index contributed by atoms with van der Waals surface area (Å²) in [5, 5.41) is 4.34. The number of aliphatic imine (C=N–C) groups is 1. The van der Waals surface area contributed by atoms with Crippen molar-refractivity contribution in [2.75, 3.05) is 0 Å². The zero-order chi connectivity index (χ0) is 17.5. The number of thioether (sulfide) groups is 1. The van der Waals surface area contributed by atoms with Crippen molar-refractivity contribution in [2.45, 2.75) is 44.4 Å². The summed E-state index contributed by atoms with van der Waals surface area (Å²) < 4.78 is 33.0. The van der Waals surface area contributed by atoms with Gasteiger partial charge in [0.1, 0.15) is 17.4 Å². The molecule has 4 nitrogen and oxygen atoms in total. The topological polar surface area (TPSA) is 64.4 Å². The largest absolute Gasteiger partial charge is 0.378 e. The molecule has 2 aromatic rings. The molecule has 1 aliphatic rings. The first-order valence-electron chi connectivity index (χ1n) is 7.76. The fraction of sp³-hybridized carbons (Fsp3) is 0.412. The first-order valence-corrected chi connectivity index (χ1v) is 8.64. The van der Waals surface area contributed by atoms with Crippen LogP contribution in [0.5, 0.6) is 0 Å². The highest BCUT2D eigenvalue weighted by atomic mass is 32.2. The number of nitrogens with two attached hydrogens (primary N) is 1. The van der Waals surface area contributed by atoms with Crippen LogP contribution in [0.2, 0.25) is 0 Å². The molecule has 1 aromatic heterocycles. The number of amidine groups is 1. The van der Waals surface area contributed by atoms with Crippen LogP contribution >= 0.6 is 11.8 Å². The first-order chi connectivity index (χ1) is 11.4. The van der Waals surface area contributed by atoms with E-state index in [9.17, 15) is 8.78 Å². The van der Waals surface area contributed by atoms with E-state index >= 15 is 0 Å². The van der Waals surface area contributed by atoms with Gasteiger partial charge in [0.2, 0.25) is 0 Å². The molecule has 0 aliphatic carbocycles. The lowest BCUT2D eigenvalue weighted by molar-refractivity contribution is 0.369. The normalized spacial score (nSPS) is 24.0. The van der Waals surface area contributed by atoms with E-state index in [1.807, 2.05) is 20.8 Å². The van der Waals surface area contributed by atoms with Crippen LogP contribution < -0.4 is 5.73 Å². The third-order valence-corrected chi connectivity index (χ3v) is 5.56. The van der Waals surface area contributed by atoms with Crippen molar-refractivity contribution in [1.82, 2.24) is 5.16 Å². The summed E-state index contributed by atoms with van der Waals surface area (Å²) in [5.74, 6) is -0.478. The van der Waals surface area contributed by atoms with Crippen molar-refractivity contribution in [2.24, 2.45) is 10.7 Å². The van der Waals surface area contributed by atoms with Crippen molar-refractivity contribution in [3.63, 3.8) is 0 Å². The second-order valence-corrected chi connectivity index (χ2v) is 7.23. The van der Waals surface area contributed by atoms with Crippen molar-refractivity contribution < 1.29 is 13.3 Å². The molecule has 2 atom stereocenters. The number of rotatable bonds is 3. The third kappa shape index (κ3) is 2.81. The molecule has 0 saturated carbocycles. The smallest absolute Gasteiger partial charge is 0.155 e. The van der Waals surface area contributed by atoms with Crippen molar-refractivity contribution in [3.05, 3.63) is 52.4 Å². The molecule has 0 unspecified atom stereocenters. The third-order valence-electron chi connectivity index (χ3n) is 4.54. The van der Waals surface area contributed by atoms with Gasteiger partial charge >= 0.3 is 0 Å². The zero-order valence-corrected chi connectivity index (χ0v) is 14.6. The average Bonchev–Trinajstić information content (AvgIpc) is 2.85. The van der Waals surface area contributed by atoms with Crippen molar-refractivity contribution in [3.8, 4) is 0 Å². The quantitative estimate of drug-likeness (QED) is 0.892. The second-order valence-electron chi connectivity index (χ2n) is 6.01. The number of benzene rings is 1. The molecule has 0 bridgehead atoms. The molecule has 0 spiro atoms. The van der Waals surface area contributed by atoms with Crippen LogP contribution in [0.1, 0.15) is 47.6 Å². The number of halogens is 2. The van der Waals surface area contributed by atoms with Gasteiger partial charge in [0.05, 0.1) is 11.2 Å². The second kappa shape index (κ2) is 6.20. The molecular formula is C17H19F2N3OS. The number of aryl methyl sites for hydroxylation is 2. The summed E-state index contributed by atoms with van der Waals surface area (Å²) in [7, 11) is 0. The van der Waals surface area contributed by atoms with Gasteiger partial charge in [0.15, 0.2) is 5.17 Å². The predicted octanol–water partition coefficient (Wildman–Crippen LogP) is 4.37. The summed E-state index contributed by atoms with van der Waals surface area (Å²) in [6, 6.07) is 3.62. The standard InChI is InChI=1S/C17H19F2N3OS/c1-4-17(12-6-5-11(18)7-13(12)19)8-14(24-16(20)21-17)15-9(2)22-23-10(15)3/h5-7,14H,4,8H2,1-3H3,(H2,20,21)/t14-,17-/m0/s1. The first kappa shape index (κ1) is 17.0. The van der Waals surface area contributed by atoms with Crippen molar-refractivity contribution in [1.29, 1.82) is 0 Å². The fourth-order valence-electron chi connectivity index (χ4n) is 3.34. The monoisotopic (exact) mass is 351 g/mol. The van der Waals surface area contributed by atoms with Crippen LogP contribution in [0, 0.1) is 25.5 Å². The highest BCUT2D eigenvalue weighted by Crippen LogP contribution is 2.50. The van der Waals surface area contributed by atoms with E-state index in [0.29, 0.717) is 23.6 Å². The predicted molar refractivity (Wildman–Crippen MR) is 90.9 cm³/mol. The number of aromatic nitrogens is 1. The van der Waals surface area contributed by atoms with Crippen LogP contribution in [-0.4, -0.2) is 10.3 Å². The molecule has 0 fully saturated rings. The minimum Gasteiger partial charge on any atom is -0.378 e. The highest BCUT2D eigenvalue weighted by molar-refractivity contribution is 8.14. The summed E-state index contributed by atoms with van der Waals surface area (Å²) in [4.78, 5) is 4.56. The van der Waals surface area contributed by atoms with Gasteiger partial charge < -0.3 is 10.3 Å². The maximum atomic E-state index is 14.4. The Balaban J connectivity index is 2.09. The summed E-state index contributed by atoms with van der Waals surface area (Å²) in [5.41, 5.74) is 7.37. The van der Waals surface area contributed by atoms with Gasteiger partial charge in [-0.05, 0) is 32.8 Å². The molecule has 2 heterocycles. The Kier molecular flexibility index (Phi) is 4.38. The number of hydrogen-bond donors (Lipinski definition) is 1. The SMILES string of the molecule is CC[C@@]1(c2ccc(F)cc2F)C[C@@H](c2c(C)noc2C)SC(N)=N1. The Hall–Kier alpha value is -1.89. The highest BCUT2D eigenvalue weighted by Gasteiger charge is 2.41. The van der Waals surface area contributed by atoms with E-state index in [2.05, 4.69) is 10.1 Å². The lowest BCUT2D eigenvalue weighted by Gasteiger charge is -2.37. The Morgan fingerprint density at radius 2 is 2.12 bits per heavy atom. The fourth-order valence-corrected chi connectivity index (χ4v) is 4.67. The molecule has 1 aliphatic heterocycles. The summed E-state index contributed by atoms with van der Waals surface area (Å²) in [6.45, 7) is 5.66. The van der Waals surface area contributed by atoms with Gasteiger partial charge in [-0.2, -0.15) is 0 Å². The van der Waals surface area contributed by atoms with Gasteiger partial charge in [-0.15, -0.1) is 0 Å². The Morgan fingerprint density at radius 3 is 2.71 bits per heavy atom. The van der Waals surface area contributed by atoms with Crippen molar-refractivity contribution >= 4 is 16.9 Å². The Labute approximate surface area is 143 Å². The maximum Gasteiger partial charge on any atom is 0.155 e. The molecule has 0 amide bonds. The maximum absolute atomic E-state index is 14.4. The lowest BCUT2D eigenvalue weighted by atomic mass is 9.81. The summed E-state index contributed by atoms with van der Waals surface area (Å²) in [6.07, 6.45) is 1.09. The molecule has 0 saturated heterocycles. The zero-order valence-electron chi connectivity index (χ0n) is 13.8. The van der Waals surface area contributed by atoms with Gasteiger partial charge in [-0.25, -0.2) is 8.78 Å². The van der Waals surface area contributed by atoms with E-state index in [4.69, 9.17) is 10.3 Å². The van der Waals surface area contributed by atoms with Crippen LogP contribution in [0.15, 0.2) is 27.7 Å². The van der Waals surface area contributed by atoms with Crippen LogP contribution in [0.25, 0.3) is 0 Å². The van der Waals surface area contributed by atoms with E-state index in [1.54, 1.807) is 0 Å². The molecule has 1 aromatic carbocycles. The van der Waals surface area contributed by atoms with E-state index in [0.717, 1.165) is 23.1 Å². The van der Waals surface area contributed by atoms with Crippen LogP contribution in [0.3, 0.4) is 0 Å². The Bertz CT molecular complexity index is 786. The van der Waals surface area contributed by atoms with Gasteiger partial charge in [-0.3, -0.25) is 4.99 Å². The number of nitrogens with zero attached hydrogens (tertiary/aromatic N) is 2. The van der Waals surface area contributed by atoms with Gasteiger partial charge in [0.25, 0.3) is 0 Å². The molecular weight excluding hydrogens is 332 g/mol. The van der Waals surface area contributed by atoms with E-state index in [1.165, 1.54) is 23.9 Å². The summed E-state index contributed by atoms with van der Waals surface area (Å²) >= 11 is 1.42. The van der Waals surface area contributed by atoms with E-state index < -0.39 is 17.2 Å². The molecule has 24 heavy (non-hydrogen) atoms. The van der Waals surface area contributed by atoms with Crippen LogP contribution in [0.4, 0.5) is 8.78 Å². The van der Waals surface area contributed by atoms with Gasteiger partial charge in [-0.1, -0.05) is 29.9 Å². The molecule has 128 valence electrons. The minimum absolute atomic E-state index is 0.0434. The van der Waals surface area contributed by atoms with E-state index in [-0.39, 0.29) is 5.25 Å². The Morgan fingerprint density at radius 1 is 1.38 bits per heavy atom. The number of hydrogen-bond acceptors (Lipinski definition) is 5. The molecule has 0 radical (unpaired) electrons.